The Hall–Kier alpha value is -0.960. The fraction of sp³-hybridized carbons (Fsp3) is 0.647. The van der Waals surface area contributed by atoms with Gasteiger partial charge in [-0.05, 0) is 42.0 Å². The van der Waals surface area contributed by atoms with E-state index >= 15 is 0 Å². The molecule has 0 amide bonds. The molecule has 0 aromatic heterocycles. The quantitative estimate of drug-likeness (QED) is 0.727. The molecule has 0 radical (unpaired) electrons. The summed E-state index contributed by atoms with van der Waals surface area (Å²) in [6.07, 6.45) is 2.03. The van der Waals surface area contributed by atoms with E-state index in [4.69, 9.17) is 0 Å². The third kappa shape index (κ3) is 5.20. The van der Waals surface area contributed by atoms with Crippen molar-refractivity contribution in [2.75, 3.05) is 13.1 Å². The third-order valence-corrected chi connectivity index (χ3v) is 3.85. The molecule has 0 saturated carbocycles. The van der Waals surface area contributed by atoms with E-state index in [2.05, 4.69) is 33.0 Å². The van der Waals surface area contributed by atoms with Gasteiger partial charge in [-0.3, -0.25) is 0 Å². The third-order valence-electron chi connectivity index (χ3n) is 3.85. The first kappa shape index (κ1) is 17.1. The lowest BCUT2D eigenvalue weighted by molar-refractivity contribution is 0.370. The average Bonchev–Trinajstić information content (AvgIpc) is 2.36. The van der Waals surface area contributed by atoms with Gasteiger partial charge in [0.2, 0.25) is 0 Å². The van der Waals surface area contributed by atoms with Gasteiger partial charge >= 0.3 is 0 Å². The summed E-state index contributed by atoms with van der Waals surface area (Å²) in [6, 6.07) is 3.89. The van der Waals surface area contributed by atoms with Crippen LogP contribution < -0.4 is 5.32 Å². The maximum atomic E-state index is 13.4. The molecule has 1 aromatic carbocycles. The molecule has 0 aliphatic rings. The van der Waals surface area contributed by atoms with Gasteiger partial charge in [0.1, 0.15) is 11.6 Å². The molecule has 1 atom stereocenters. The van der Waals surface area contributed by atoms with Gasteiger partial charge in [-0.2, -0.15) is 0 Å². The predicted octanol–water partition coefficient (Wildman–Crippen LogP) is 4.73. The van der Waals surface area contributed by atoms with Crippen LogP contribution in [0.2, 0.25) is 0 Å². The average molecular weight is 283 g/mol. The number of halogens is 2. The Kier molecular flexibility index (Phi) is 7.14. The summed E-state index contributed by atoms with van der Waals surface area (Å²) in [5, 5.41) is 3.43. The Balaban J connectivity index is 2.90. The van der Waals surface area contributed by atoms with Crippen LogP contribution in [0.4, 0.5) is 8.78 Å². The van der Waals surface area contributed by atoms with Crippen molar-refractivity contribution in [2.45, 2.75) is 46.5 Å². The van der Waals surface area contributed by atoms with Crippen molar-refractivity contribution >= 4 is 0 Å². The summed E-state index contributed by atoms with van der Waals surface area (Å²) in [7, 11) is 0. The Morgan fingerprint density at radius 1 is 0.950 bits per heavy atom. The molecule has 3 heteroatoms. The van der Waals surface area contributed by atoms with E-state index in [9.17, 15) is 8.78 Å². The molecule has 0 aliphatic carbocycles. The lowest BCUT2D eigenvalue weighted by atomic mass is 9.82. The van der Waals surface area contributed by atoms with Crippen molar-refractivity contribution in [3.05, 3.63) is 35.4 Å². The number of hydrogen-bond donors (Lipinski definition) is 1. The smallest absolute Gasteiger partial charge is 0.126 e. The van der Waals surface area contributed by atoms with Gasteiger partial charge in [-0.25, -0.2) is 8.78 Å². The highest BCUT2D eigenvalue weighted by Crippen LogP contribution is 2.30. The lowest BCUT2D eigenvalue weighted by Crippen LogP contribution is -2.29. The molecule has 0 saturated heterocycles. The van der Waals surface area contributed by atoms with Crippen LogP contribution >= 0.6 is 0 Å². The lowest BCUT2D eigenvalue weighted by Gasteiger charge is -2.27. The van der Waals surface area contributed by atoms with Crippen molar-refractivity contribution in [2.24, 2.45) is 11.8 Å². The largest absolute Gasteiger partial charge is 0.316 e. The minimum atomic E-state index is -0.486. The highest BCUT2D eigenvalue weighted by Gasteiger charge is 2.21. The summed E-state index contributed by atoms with van der Waals surface area (Å²) in [6.45, 7) is 10.3. The number of hydrogen-bond acceptors (Lipinski definition) is 1. The zero-order chi connectivity index (χ0) is 15.1. The molecule has 1 N–H and O–H groups in total. The van der Waals surface area contributed by atoms with Crippen molar-refractivity contribution in [3.8, 4) is 0 Å². The Morgan fingerprint density at radius 3 is 1.95 bits per heavy atom. The Morgan fingerprint density at radius 2 is 1.50 bits per heavy atom. The fourth-order valence-electron chi connectivity index (χ4n) is 2.73. The molecule has 1 rings (SSSR count). The minimum Gasteiger partial charge on any atom is -0.316 e. The van der Waals surface area contributed by atoms with Crippen LogP contribution in [0.25, 0.3) is 0 Å². The first-order chi connectivity index (χ1) is 9.47. The van der Waals surface area contributed by atoms with Crippen LogP contribution in [0.15, 0.2) is 18.2 Å². The van der Waals surface area contributed by atoms with E-state index in [0.717, 1.165) is 37.6 Å². The topological polar surface area (TPSA) is 12.0 Å². The fourth-order valence-corrected chi connectivity index (χ4v) is 2.73. The molecule has 0 heterocycles. The monoisotopic (exact) mass is 283 g/mol. The van der Waals surface area contributed by atoms with Crippen molar-refractivity contribution in [1.82, 2.24) is 5.32 Å². The van der Waals surface area contributed by atoms with Crippen LogP contribution in [0.5, 0.6) is 0 Å². The van der Waals surface area contributed by atoms with Crippen LogP contribution in [0.3, 0.4) is 0 Å². The summed E-state index contributed by atoms with van der Waals surface area (Å²) < 4.78 is 26.9. The van der Waals surface area contributed by atoms with E-state index in [0.29, 0.717) is 11.8 Å². The molecular formula is C17H27F2N. The molecule has 0 aliphatic heterocycles. The van der Waals surface area contributed by atoms with Gasteiger partial charge in [0.25, 0.3) is 0 Å². The van der Waals surface area contributed by atoms with E-state index < -0.39 is 11.6 Å². The van der Waals surface area contributed by atoms with Crippen LogP contribution in [0, 0.1) is 23.5 Å². The molecule has 0 bridgehead atoms. The second-order valence-corrected chi connectivity index (χ2v) is 5.94. The maximum Gasteiger partial charge on any atom is 0.126 e. The first-order valence-corrected chi connectivity index (χ1v) is 7.64. The highest BCUT2D eigenvalue weighted by atomic mass is 19.1. The van der Waals surface area contributed by atoms with Crippen molar-refractivity contribution in [1.29, 1.82) is 0 Å². The van der Waals surface area contributed by atoms with Crippen LogP contribution in [-0.4, -0.2) is 13.1 Å². The number of nitrogens with one attached hydrogen (secondary N) is 1. The molecular weight excluding hydrogens is 256 g/mol. The SMILES string of the molecule is CCC(CC)C(CNCC(C)C)c1cc(F)cc(F)c1. The predicted molar refractivity (Wildman–Crippen MR) is 80.9 cm³/mol. The Labute approximate surface area is 121 Å². The maximum absolute atomic E-state index is 13.4. The number of rotatable bonds is 8. The van der Waals surface area contributed by atoms with Crippen LogP contribution in [0.1, 0.15) is 52.0 Å². The van der Waals surface area contributed by atoms with Gasteiger partial charge < -0.3 is 5.32 Å². The van der Waals surface area contributed by atoms with E-state index in [-0.39, 0.29) is 5.92 Å². The molecule has 114 valence electrons. The van der Waals surface area contributed by atoms with Gasteiger partial charge in [0.05, 0.1) is 0 Å². The van der Waals surface area contributed by atoms with E-state index in [1.807, 2.05) is 0 Å². The van der Waals surface area contributed by atoms with Crippen molar-refractivity contribution in [3.63, 3.8) is 0 Å². The van der Waals surface area contributed by atoms with Gasteiger partial charge in [-0.15, -0.1) is 0 Å². The van der Waals surface area contributed by atoms with Crippen molar-refractivity contribution < 1.29 is 8.78 Å². The van der Waals surface area contributed by atoms with E-state index in [1.54, 1.807) is 0 Å². The van der Waals surface area contributed by atoms with Gasteiger partial charge in [-0.1, -0.05) is 40.5 Å². The summed E-state index contributed by atoms with van der Waals surface area (Å²) in [5.74, 6) is 0.200. The number of benzene rings is 1. The zero-order valence-electron chi connectivity index (χ0n) is 13.0. The Bertz CT molecular complexity index is 380. The molecule has 1 unspecified atom stereocenters. The van der Waals surface area contributed by atoms with Gasteiger partial charge in [0, 0.05) is 12.6 Å². The minimum absolute atomic E-state index is 0.161. The highest BCUT2D eigenvalue weighted by molar-refractivity contribution is 5.23. The standard InChI is InChI=1S/C17H27F2N/c1-5-13(6-2)17(11-20-10-12(3)4)14-7-15(18)9-16(19)8-14/h7-9,12-13,17,20H,5-6,10-11H2,1-4H3. The summed E-state index contributed by atoms with van der Waals surface area (Å²) in [4.78, 5) is 0. The molecule has 20 heavy (non-hydrogen) atoms. The molecule has 0 spiro atoms. The molecule has 0 fully saturated rings. The molecule has 1 nitrogen and oxygen atoms in total. The molecule has 1 aromatic rings. The summed E-state index contributed by atoms with van der Waals surface area (Å²) >= 11 is 0. The normalized spacial score (nSPS) is 13.2. The zero-order valence-corrected chi connectivity index (χ0v) is 13.0. The van der Waals surface area contributed by atoms with E-state index in [1.165, 1.54) is 12.1 Å². The van der Waals surface area contributed by atoms with Gasteiger partial charge in [0.15, 0.2) is 0 Å². The second kappa shape index (κ2) is 8.35. The second-order valence-electron chi connectivity index (χ2n) is 5.94. The first-order valence-electron chi connectivity index (χ1n) is 7.64. The summed E-state index contributed by atoms with van der Waals surface area (Å²) in [5.41, 5.74) is 0.771. The van der Waals surface area contributed by atoms with Crippen LogP contribution in [-0.2, 0) is 0 Å².